The summed E-state index contributed by atoms with van der Waals surface area (Å²) in [6.45, 7) is 5.73. The lowest BCUT2D eigenvalue weighted by Crippen LogP contribution is -2.43. The molecule has 1 aliphatic heterocycles. The zero-order valence-electron chi connectivity index (χ0n) is 10.7. The number of amides is 3. The summed E-state index contributed by atoms with van der Waals surface area (Å²) in [5, 5.41) is 2.68. The van der Waals surface area contributed by atoms with Crippen molar-refractivity contribution in [2.75, 3.05) is 6.54 Å². The number of carbonyl (C=O) groups is 3. The number of hydrogen-bond acceptors (Lipinski definition) is 3. The Bertz CT molecular complexity index is 341. The molecule has 0 aromatic heterocycles. The first-order valence-corrected chi connectivity index (χ1v) is 6.10. The van der Waals surface area contributed by atoms with Gasteiger partial charge in [-0.1, -0.05) is 13.8 Å². The van der Waals surface area contributed by atoms with Gasteiger partial charge in [-0.2, -0.15) is 0 Å². The van der Waals surface area contributed by atoms with Crippen molar-refractivity contribution in [3.8, 4) is 0 Å². The van der Waals surface area contributed by atoms with Crippen LogP contribution in [0.4, 0.5) is 4.79 Å². The first kappa shape index (κ1) is 13.7. The van der Waals surface area contributed by atoms with E-state index in [1.54, 1.807) is 6.92 Å². The van der Waals surface area contributed by atoms with Gasteiger partial charge in [0.2, 0.25) is 0 Å². The first-order chi connectivity index (χ1) is 7.94. The van der Waals surface area contributed by atoms with E-state index in [4.69, 9.17) is 0 Å². The Labute approximate surface area is 102 Å². The Balaban J connectivity index is 2.52. The highest BCUT2D eigenvalue weighted by Crippen LogP contribution is 2.21. The number of Topliss-reactive ketones (excluding diaryl/α,β-unsaturated/α-hetero) is 1. The number of ketones is 1. The highest BCUT2D eigenvalue weighted by molar-refractivity contribution is 6.06. The number of rotatable bonds is 6. The molecule has 1 fully saturated rings. The van der Waals surface area contributed by atoms with Crippen LogP contribution in [-0.2, 0) is 9.59 Å². The van der Waals surface area contributed by atoms with Gasteiger partial charge in [-0.3, -0.25) is 14.5 Å². The van der Waals surface area contributed by atoms with Gasteiger partial charge >= 0.3 is 6.03 Å². The third-order valence-corrected chi connectivity index (χ3v) is 3.28. The quantitative estimate of drug-likeness (QED) is 0.715. The Morgan fingerprint density at radius 3 is 2.47 bits per heavy atom. The van der Waals surface area contributed by atoms with Crippen LogP contribution >= 0.6 is 0 Å². The van der Waals surface area contributed by atoms with Crippen molar-refractivity contribution in [2.24, 2.45) is 0 Å². The highest BCUT2D eigenvalue weighted by Gasteiger charge is 2.45. The number of nitrogens with zero attached hydrogens (tertiary/aromatic N) is 1. The Morgan fingerprint density at radius 2 is 2.00 bits per heavy atom. The van der Waals surface area contributed by atoms with Gasteiger partial charge in [0.1, 0.15) is 11.3 Å². The molecule has 0 aromatic rings. The fourth-order valence-corrected chi connectivity index (χ4v) is 1.80. The molecule has 1 aliphatic rings. The average molecular weight is 240 g/mol. The van der Waals surface area contributed by atoms with E-state index in [0.717, 1.165) is 0 Å². The van der Waals surface area contributed by atoms with Gasteiger partial charge in [0.25, 0.3) is 5.91 Å². The molecule has 0 bridgehead atoms. The average Bonchev–Trinajstić information content (AvgIpc) is 2.53. The second-order valence-electron chi connectivity index (χ2n) is 4.57. The molecule has 3 amide bonds. The zero-order chi connectivity index (χ0) is 13.1. The molecule has 17 heavy (non-hydrogen) atoms. The van der Waals surface area contributed by atoms with E-state index in [1.165, 1.54) is 4.90 Å². The normalized spacial score (nSPS) is 24.1. The van der Waals surface area contributed by atoms with Crippen LogP contribution in [0.3, 0.4) is 0 Å². The van der Waals surface area contributed by atoms with Gasteiger partial charge in [0.05, 0.1) is 0 Å². The summed E-state index contributed by atoms with van der Waals surface area (Å²) < 4.78 is 0. The van der Waals surface area contributed by atoms with Crippen LogP contribution in [0.2, 0.25) is 0 Å². The van der Waals surface area contributed by atoms with Crippen molar-refractivity contribution in [1.82, 2.24) is 10.2 Å². The fraction of sp³-hybridized carbons (Fsp3) is 0.750. The van der Waals surface area contributed by atoms with Gasteiger partial charge in [0, 0.05) is 19.4 Å². The maximum Gasteiger partial charge on any atom is 0.325 e. The van der Waals surface area contributed by atoms with Gasteiger partial charge in [-0.15, -0.1) is 0 Å². The second kappa shape index (κ2) is 5.29. The Morgan fingerprint density at radius 1 is 1.35 bits per heavy atom. The van der Waals surface area contributed by atoms with Gasteiger partial charge < -0.3 is 5.32 Å². The minimum Gasteiger partial charge on any atom is -0.323 e. The second-order valence-corrected chi connectivity index (χ2v) is 4.57. The van der Waals surface area contributed by atoms with E-state index in [1.807, 2.05) is 13.8 Å². The maximum atomic E-state index is 12.0. The summed E-state index contributed by atoms with van der Waals surface area (Å²) in [5.74, 6) is -0.0238. The van der Waals surface area contributed by atoms with Crippen molar-refractivity contribution < 1.29 is 14.4 Å². The predicted octanol–water partition coefficient (Wildman–Crippen LogP) is 1.47. The molecule has 1 N–H and O–H groups in total. The summed E-state index contributed by atoms with van der Waals surface area (Å²) >= 11 is 0. The third-order valence-electron chi connectivity index (χ3n) is 3.28. The van der Waals surface area contributed by atoms with Crippen LogP contribution in [0.5, 0.6) is 0 Å². The van der Waals surface area contributed by atoms with E-state index in [-0.39, 0.29) is 17.7 Å². The van der Waals surface area contributed by atoms with E-state index in [2.05, 4.69) is 5.32 Å². The van der Waals surface area contributed by atoms with Crippen LogP contribution in [0.25, 0.3) is 0 Å². The van der Waals surface area contributed by atoms with Gasteiger partial charge in [-0.05, 0) is 19.8 Å². The van der Waals surface area contributed by atoms with Crippen LogP contribution in [-0.4, -0.2) is 34.7 Å². The van der Waals surface area contributed by atoms with Gasteiger partial charge in [-0.25, -0.2) is 4.79 Å². The number of carbonyl (C=O) groups excluding carboxylic acids is 3. The lowest BCUT2D eigenvalue weighted by molar-refractivity contribution is -0.131. The number of nitrogens with one attached hydrogen (secondary N) is 1. The van der Waals surface area contributed by atoms with E-state index < -0.39 is 5.54 Å². The zero-order valence-corrected chi connectivity index (χ0v) is 10.7. The molecular weight excluding hydrogens is 220 g/mol. The number of urea groups is 1. The lowest BCUT2D eigenvalue weighted by Gasteiger charge is -2.19. The van der Waals surface area contributed by atoms with E-state index in [0.29, 0.717) is 32.2 Å². The highest BCUT2D eigenvalue weighted by atomic mass is 16.2. The summed E-state index contributed by atoms with van der Waals surface area (Å²) in [7, 11) is 0. The molecule has 5 heteroatoms. The number of hydrogen-bond donors (Lipinski definition) is 1. The molecule has 96 valence electrons. The van der Waals surface area contributed by atoms with Crippen molar-refractivity contribution in [1.29, 1.82) is 0 Å². The summed E-state index contributed by atoms with van der Waals surface area (Å²) in [4.78, 5) is 35.9. The molecule has 0 radical (unpaired) electrons. The Kier molecular flexibility index (Phi) is 4.26. The van der Waals surface area contributed by atoms with Crippen LogP contribution in [0, 0.1) is 0 Å². The van der Waals surface area contributed by atoms with Crippen molar-refractivity contribution in [3.63, 3.8) is 0 Å². The molecule has 1 heterocycles. The van der Waals surface area contributed by atoms with Crippen LogP contribution in [0.1, 0.15) is 46.5 Å². The Hall–Kier alpha value is -1.39. The SMILES string of the molecule is CCC(=O)CCCN1C(=O)NC(C)(CC)C1=O. The summed E-state index contributed by atoms with van der Waals surface area (Å²) in [5.41, 5.74) is -0.772. The molecule has 0 saturated carbocycles. The molecule has 0 spiro atoms. The van der Waals surface area contributed by atoms with E-state index >= 15 is 0 Å². The smallest absolute Gasteiger partial charge is 0.323 e. The van der Waals surface area contributed by atoms with Crippen LogP contribution in [0.15, 0.2) is 0 Å². The number of imide groups is 1. The standard InChI is InChI=1S/C12H20N2O3/c1-4-9(15)7-6-8-14-10(16)12(3,5-2)13-11(14)17/h4-8H2,1-3H3,(H,13,17). The van der Waals surface area contributed by atoms with Crippen molar-refractivity contribution in [2.45, 2.75) is 52.0 Å². The lowest BCUT2D eigenvalue weighted by atomic mass is 9.99. The fourth-order valence-electron chi connectivity index (χ4n) is 1.80. The molecule has 0 aromatic carbocycles. The summed E-state index contributed by atoms with van der Waals surface area (Å²) in [6, 6.07) is -0.344. The summed E-state index contributed by atoms with van der Waals surface area (Å²) in [6.07, 6.45) is 2.05. The van der Waals surface area contributed by atoms with Gasteiger partial charge in [0.15, 0.2) is 0 Å². The van der Waals surface area contributed by atoms with Crippen molar-refractivity contribution >= 4 is 17.7 Å². The van der Waals surface area contributed by atoms with Crippen molar-refractivity contribution in [3.05, 3.63) is 0 Å². The molecule has 1 atom stereocenters. The molecule has 5 nitrogen and oxygen atoms in total. The first-order valence-electron chi connectivity index (χ1n) is 6.10. The maximum absolute atomic E-state index is 12.0. The predicted molar refractivity (Wildman–Crippen MR) is 63.5 cm³/mol. The monoisotopic (exact) mass is 240 g/mol. The molecule has 1 unspecified atom stereocenters. The topological polar surface area (TPSA) is 66.5 Å². The molecule has 0 aliphatic carbocycles. The molecule has 1 saturated heterocycles. The van der Waals surface area contributed by atoms with E-state index in [9.17, 15) is 14.4 Å². The largest absolute Gasteiger partial charge is 0.325 e. The minimum atomic E-state index is -0.772. The molecular formula is C12H20N2O3. The third kappa shape index (κ3) is 2.84. The molecule has 1 rings (SSSR count). The minimum absolute atomic E-state index is 0.162. The van der Waals surface area contributed by atoms with Crippen LogP contribution < -0.4 is 5.32 Å².